The maximum Gasteiger partial charge on any atom is 0.160 e. The fourth-order valence-electron chi connectivity index (χ4n) is 1.94. The van der Waals surface area contributed by atoms with E-state index in [1.165, 1.54) is 0 Å². The standard InChI is InChI=1S/C12H10BrClN4S/c1-7(14)11-17-10-2-8(13)3-15-12(10)18(11)4-9-5-19-6-16-9/h2-3,5-7H,4H2,1H3. The minimum Gasteiger partial charge on any atom is -0.305 e. The number of aromatic nitrogens is 4. The van der Waals surface area contributed by atoms with Crippen molar-refractivity contribution in [2.24, 2.45) is 0 Å². The summed E-state index contributed by atoms with van der Waals surface area (Å²) in [5.41, 5.74) is 4.49. The van der Waals surface area contributed by atoms with Gasteiger partial charge in [0.2, 0.25) is 0 Å². The van der Waals surface area contributed by atoms with Crippen LogP contribution in [0.5, 0.6) is 0 Å². The summed E-state index contributed by atoms with van der Waals surface area (Å²) in [4.78, 5) is 13.3. The molecule has 0 saturated heterocycles. The molecule has 0 N–H and O–H groups in total. The van der Waals surface area contributed by atoms with Gasteiger partial charge in [-0.3, -0.25) is 0 Å². The van der Waals surface area contributed by atoms with Gasteiger partial charge >= 0.3 is 0 Å². The van der Waals surface area contributed by atoms with E-state index in [0.29, 0.717) is 6.54 Å². The first-order valence-corrected chi connectivity index (χ1v) is 7.85. The van der Waals surface area contributed by atoms with Crippen molar-refractivity contribution in [1.82, 2.24) is 19.5 Å². The van der Waals surface area contributed by atoms with E-state index in [2.05, 4.69) is 30.9 Å². The van der Waals surface area contributed by atoms with Crippen molar-refractivity contribution < 1.29 is 0 Å². The molecule has 3 heterocycles. The number of fused-ring (bicyclic) bond motifs is 1. The average molecular weight is 358 g/mol. The van der Waals surface area contributed by atoms with Crippen LogP contribution in [0.1, 0.15) is 23.8 Å². The van der Waals surface area contributed by atoms with Crippen LogP contribution in [0.3, 0.4) is 0 Å². The Hall–Kier alpha value is -0.980. The van der Waals surface area contributed by atoms with E-state index >= 15 is 0 Å². The lowest BCUT2D eigenvalue weighted by Crippen LogP contribution is -2.06. The van der Waals surface area contributed by atoms with E-state index in [4.69, 9.17) is 11.6 Å². The Balaban J connectivity index is 2.16. The number of halogens is 2. The largest absolute Gasteiger partial charge is 0.305 e. The van der Waals surface area contributed by atoms with E-state index in [1.54, 1.807) is 17.5 Å². The Morgan fingerprint density at radius 1 is 1.47 bits per heavy atom. The van der Waals surface area contributed by atoms with Gasteiger partial charge in [-0.1, -0.05) is 0 Å². The van der Waals surface area contributed by atoms with Crippen molar-refractivity contribution >= 4 is 50.0 Å². The number of thiazole rings is 1. The average Bonchev–Trinajstić information content (AvgIpc) is 2.97. The van der Waals surface area contributed by atoms with Crippen molar-refractivity contribution in [2.45, 2.75) is 18.8 Å². The summed E-state index contributed by atoms with van der Waals surface area (Å²) in [6.07, 6.45) is 1.77. The van der Waals surface area contributed by atoms with Crippen molar-refractivity contribution in [3.05, 3.63) is 39.1 Å². The molecule has 1 unspecified atom stereocenters. The molecule has 0 amide bonds. The zero-order valence-corrected chi connectivity index (χ0v) is 13.2. The first kappa shape index (κ1) is 13.0. The molecule has 7 heteroatoms. The Morgan fingerprint density at radius 2 is 2.32 bits per heavy atom. The Morgan fingerprint density at radius 3 is 3.00 bits per heavy atom. The van der Waals surface area contributed by atoms with Gasteiger partial charge in [0.05, 0.1) is 23.1 Å². The smallest absolute Gasteiger partial charge is 0.160 e. The van der Waals surface area contributed by atoms with Gasteiger partial charge in [-0.2, -0.15) is 0 Å². The third kappa shape index (κ3) is 2.52. The highest BCUT2D eigenvalue weighted by Gasteiger charge is 2.16. The topological polar surface area (TPSA) is 43.6 Å². The van der Waals surface area contributed by atoms with E-state index in [0.717, 1.165) is 27.2 Å². The molecule has 0 spiro atoms. The number of hydrogen-bond donors (Lipinski definition) is 0. The number of nitrogens with zero attached hydrogens (tertiary/aromatic N) is 4. The molecule has 3 aromatic heterocycles. The fraction of sp³-hybridized carbons (Fsp3) is 0.250. The highest BCUT2D eigenvalue weighted by atomic mass is 79.9. The van der Waals surface area contributed by atoms with E-state index < -0.39 is 0 Å². The van der Waals surface area contributed by atoms with Gasteiger partial charge in [-0.15, -0.1) is 22.9 Å². The maximum atomic E-state index is 6.22. The summed E-state index contributed by atoms with van der Waals surface area (Å²) in [5, 5.41) is 1.85. The molecular formula is C12H10BrClN4S. The summed E-state index contributed by atoms with van der Waals surface area (Å²) in [6.45, 7) is 2.55. The molecule has 3 rings (SSSR count). The lowest BCUT2D eigenvalue weighted by atomic mass is 10.4. The third-order valence-corrected chi connectivity index (χ3v) is 4.00. The molecule has 1 atom stereocenters. The van der Waals surface area contributed by atoms with Crippen molar-refractivity contribution in [1.29, 1.82) is 0 Å². The molecule has 98 valence electrons. The zero-order valence-electron chi connectivity index (χ0n) is 10.0. The highest BCUT2D eigenvalue weighted by molar-refractivity contribution is 9.10. The van der Waals surface area contributed by atoms with Gasteiger partial charge < -0.3 is 4.57 Å². The van der Waals surface area contributed by atoms with E-state index in [-0.39, 0.29) is 5.38 Å². The SMILES string of the molecule is CC(Cl)c1nc2cc(Br)cnc2n1Cc1cscn1. The predicted octanol–water partition coefficient (Wildman–Crippen LogP) is 4.00. The molecule has 0 fully saturated rings. The number of alkyl halides is 1. The van der Waals surface area contributed by atoms with Crippen LogP contribution in [-0.2, 0) is 6.54 Å². The first-order valence-electron chi connectivity index (χ1n) is 5.68. The van der Waals surface area contributed by atoms with Gasteiger partial charge in [0, 0.05) is 16.0 Å². The Bertz CT molecular complexity index is 708. The molecule has 0 aliphatic carbocycles. The van der Waals surface area contributed by atoms with Crippen molar-refractivity contribution in [3.63, 3.8) is 0 Å². The third-order valence-electron chi connectivity index (χ3n) is 2.74. The van der Waals surface area contributed by atoms with Crippen molar-refractivity contribution in [3.8, 4) is 0 Å². The van der Waals surface area contributed by atoms with Gasteiger partial charge in [0.25, 0.3) is 0 Å². The van der Waals surface area contributed by atoms with E-state index in [1.807, 2.05) is 28.4 Å². The molecule has 0 bridgehead atoms. The number of rotatable bonds is 3. The molecule has 0 radical (unpaired) electrons. The minimum absolute atomic E-state index is 0.174. The van der Waals surface area contributed by atoms with Crippen LogP contribution < -0.4 is 0 Å². The molecule has 0 aliphatic heterocycles. The van der Waals surface area contributed by atoms with Crippen LogP contribution in [0.2, 0.25) is 0 Å². The molecule has 0 saturated carbocycles. The molecule has 3 aromatic rings. The second-order valence-corrected chi connectivity index (χ2v) is 6.44. The van der Waals surface area contributed by atoms with Gasteiger partial charge in [-0.25, -0.2) is 15.0 Å². The highest BCUT2D eigenvalue weighted by Crippen LogP contribution is 2.25. The number of imidazole rings is 1. The summed E-state index contributed by atoms with van der Waals surface area (Å²) in [6, 6.07) is 1.95. The van der Waals surface area contributed by atoms with Crippen molar-refractivity contribution in [2.75, 3.05) is 0 Å². The normalized spacial score (nSPS) is 13.0. The second kappa shape index (κ2) is 5.19. The number of pyridine rings is 1. The zero-order chi connectivity index (χ0) is 13.4. The minimum atomic E-state index is -0.174. The fourth-order valence-corrected chi connectivity index (χ4v) is 2.98. The van der Waals surface area contributed by atoms with Crippen LogP contribution in [0.4, 0.5) is 0 Å². The summed E-state index contributed by atoms with van der Waals surface area (Å²) in [5.74, 6) is 0.815. The second-order valence-electron chi connectivity index (χ2n) is 4.15. The lowest BCUT2D eigenvalue weighted by molar-refractivity contribution is 0.725. The van der Waals surface area contributed by atoms with Gasteiger partial charge in [-0.05, 0) is 28.9 Å². The summed E-state index contributed by atoms with van der Waals surface area (Å²) in [7, 11) is 0. The maximum absolute atomic E-state index is 6.22. The van der Waals surface area contributed by atoms with Gasteiger partial charge in [0.1, 0.15) is 11.3 Å². The van der Waals surface area contributed by atoms with Crippen LogP contribution in [0, 0.1) is 0 Å². The first-order chi connectivity index (χ1) is 9.15. The molecule has 0 aromatic carbocycles. The predicted molar refractivity (Wildman–Crippen MR) is 80.7 cm³/mol. The van der Waals surface area contributed by atoms with Crippen LogP contribution in [0.15, 0.2) is 27.6 Å². The number of hydrogen-bond acceptors (Lipinski definition) is 4. The Labute approximate surface area is 127 Å². The summed E-state index contributed by atoms with van der Waals surface area (Å²) >= 11 is 11.2. The molecule has 4 nitrogen and oxygen atoms in total. The van der Waals surface area contributed by atoms with Crippen LogP contribution >= 0.6 is 38.9 Å². The van der Waals surface area contributed by atoms with Crippen LogP contribution in [-0.4, -0.2) is 19.5 Å². The lowest BCUT2D eigenvalue weighted by Gasteiger charge is -2.08. The molecular weight excluding hydrogens is 348 g/mol. The van der Waals surface area contributed by atoms with E-state index in [9.17, 15) is 0 Å². The molecule has 0 aliphatic rings. The summed E-state index contributed by atoms with van der Waals surface area (Å²) < 4.78 is 2.93. The van der Waals surface area contributed by atoms with Gasteiger partial charge in [0.15, 0.2) is 5.65 Å². The Kier molecular flexibility index (Phi) is 3.56. The monoisotopic (exact) mass is 356 g/mol. The quantitative estimate of drug-likeness (QED) is 0.666. The van der Waals surface area contributed by atoms with Crippen LogP contribution in [0.25, 0.3) is 11.2 Å². The molecule has 19 heavy (non-hydrogen) atoms.